The van der Waals surface area contributed by atoms with Crippen LogP contribution >= 0.6 is 11.3 Å². The van der Waals surface area contributed by atoms with Gasteiger partial charge in [0.2, 0.25) is 0 Å². The molecule has 2 N–H and O–H groups in total. The fourth-order valence-electron chi connectivity index (χ4n) is 2.56. The van der Waals surface area contributed by atoms with E-state index in [2.05, 4.69) is 73.8 Å². The summed E-state index contributed by atoms with van der Waals surface area (Å²) in [7, 11) is 2.15. The maximum absolute atomic E-state index is 6.02. The standard InChI is InChI=1S/C18H26N2S/c1-18(2,3)16-7-5-15(6-8-16)17(11-19)20(4)12-14-9-10-21-13-14/h5-10,13,17H,11-12,19H2,1-4H3. The first kappa shape index (κ1) is 16.2. The van der Waals surface area contributed by atoms with E-state index in [0.29, 0.717) is 6.54 Å². The van der Waals surface area contributed by atoms with E-state index in [1.807, 2.05) is 0 Å². The Bertz CT molecular complexity index is 538. The molecule has 2 nitrogen and oxygen atoms in total. The summed E-state index contributed by atoms with van der Waals surface area (Å²) in [5.41, 5.74) is 10.2. The van der Waals surface area contributed by atoms with Crippen LogP contribution in [0.5, 0.6) is 0 Å². The van der Waals surface area contributed by atoms with Crippen molar-refractivity contribution < 1.29 is 0 Å². The molecule has 0 bridgehead atoms. The molecule has 114 valence electrons. The quantitative estimate of drug-likeness (QED) is 0.898. The molecule has 0 amide bonds. The highest BCUT2D eigenvalue weighted by atomic mass is 32.1. The molecule has 0 aliphatic rings. The fraction of sp³-hybridized carbons (Fsp3) is 0.444. The van der Waals surface area contributed by atoms with E-state index in [4.69, 9.17) is 5.73 Å². The van der Waals surface area contributed by atoms with Crippen molar-refractivity contribution in [3.05, 3.63) is 57.8 Å². The topological polar surface area (TPSA) is 29.3 Å². The van der Waals surface area contributed by atoms with Crippen LogP contribution in [0.4, 0.5) is 0 Å². The van der Waals surface area contributed by atoms with E-state index in [0.717, 1.165) is 6.54 Å². The second-order valence-electron chi connectivity index (χ2n) is 6.67. The Morgan fingerprint density at radius 2 is 1.81 bits per heavy atom. The monoisotopic (exact) mass is 302 g/mol. The molecule has 0 saturated carbocycles. The van der Waals surface area contributed by atoms with E-state index < -0.39 is 0 Å². The Kier molecular flexibility index (Phi) is 5.20. The average Bonchev–Trinajstić information content (AvgIpc) is 2.92. The van der Waals surface area contributed by atoms with Crippen molar-refractivity contribution in [3.63, 3.8) is 0 Å². The van der Waals surface area contributed by atoms with Gasteiger partial charge in [0.15, 0.2) is 0 Å². The first-order valence-electron chi connectivity index (χ1n) is 7.43. The van der Waals surface area contributed by atoms with Gasteiger partial charge in [-0.1, -0.05) is 45.0 Å². The number of benzene rings is 1. The lowest BCUT2D eigenvalue weighted by Gasteiger charge is -2.28. The Balaban J connectivity index is 2.13. The fourth-order valence-corrected chi connectivity index (χ4v) is 3.22. The summed E-state index contributed by atoms with van der Waals surface area (Å²) in [6.07, 6.45) is 0. The molecule has 2 rings (SSSR count). The second kappa shape index (κ2) is 6.73. The van der Waals surface area contributed by atoms with Crippen molar-refractivity contribution in [3.8, 4) is 0 Å². The predicted octanol–water partition coefficient (Wildman–Crippen LogP) is 4.18. The van der Waals surface area contributed by atoms with E-state index in [1.54, 1.807) is 11.3 Å². The van der Waals surface area contributed by atoms with Crippen LogP contribution in [0, 0.1) is 0 Å². The third-order valence-electron chi connectivity index (χ3n) is 3.93. The Morgan fingerprint density at radius 3 is 2.29 bits per heavy atom. The van der Waals surface area contributed by atoms with Gasteiger partial charge in [0.25, 0.3) is 0 Å². The van der Waals surface area contributed by atoms with Gasteiger partial charge in [-0.15, -0.1) is 0 Å². The molecule has 2 aromatic rings. The zero-order chi connectivity index (χ0) is 15.5. The molecule has 0 aliphatic carbocycles. The lowest BCUT2D eigenvalue weighted by atomic mass is 9.86. The van der Waals surface area contributed by atoms with Crippen LogP contribution < -0.4 is 5.73 Å². The van der Waals surface area contributed by atoms with Crippen LogP contribution in [0.15, 0.2) is 41.1 Å². The maximum atomic E-state index is 6.02. The number of hydrogen-bond acceptors (Lipinski definition) is 3. The molecular formula is C18H26N2S. The number of thiophene rings is 1. The lowest BCUT2D eigenvalue weighted by Crippen LogP contribution is -2.30. The summed E-state index contributed by atoms with van der Waals surface area (Å²) in [6, 6.07) is 11.4. The average molecular weight is 302 g/mol. The third kappa shape index (κ3) is 4.16. The van der Waals surface area contributed by atoms with Crippen LogP contribution in [-0.2, 0) is 12.0 Å². The minimum absolute atomic E-state index is 0.194. The molecule has 21 heavy (non-hydrogen) atoms. The number of nitrogens with two attached hydrogens (primary N) is 1. The molecule has 1 aromatic carbocycles. The summed E-state index contributed by atoms with van der Waals surface area (Å²) in [5, 5.41) is 4.32. The van der Waals surface area contributed by atoms with Crippen molar-refractivity contribution in [1.29, 1.82) is 0 Å². The predicted molar refractivity (Wildman–Crippen MR) is 92.7 cm³/mol. The number of hydrogen-bond donors (Lipinski definition) is 1. The smallest absolute Gasteiger partial charge is 0.0470 e. The number of likely N-dealkylation sites (N-methyl/N-ethyl adjacent to an activating group) is 1. The molecule has 0 radical (unpaired) electrons. The zero-order valence-corrected chi connectivity index (χ0v) is 14.3. The normalized spacial score (nSPS) is 13.6. The Labute approximate surface area is 132 Å². The van der Waals surface area contributed by atoms with Crippen LogP contribution in [0.1, 0.15) is 43.5 Å². The van der Waals surface area contributed by atoms with Crippen LogP contribution in [0.2, 0.25) is 0 Å². The molecule has 1 heterocycles. The van der Waals surface area contributed by atoms with Gasteiger partial charge < -0.3 is 5.73 Å². The molecule has 0 aliphatic heterocycles. The van der Waals surface area contributed by atoms with E-state index in [1.165, 1.54) is 16.7 Å². The highest BCUT2D eigenvalue weighted by Gasteiger charge is 2.18. The molecule has 0 fully saturated rings. The Morgan fingerprint density at radius 1 is 1.14 bits per heavy atom. The van der Waals surface area contributed by atoms with E-state index in [-0.39, 0.29) is 11.5 Å². The summed E-state index contributed by atoms with van der Waals surface area (Å²) < 4.78 is 0. The van der Waals surface area contributed by atoms with Gasteiger partial charge >= 0.3 is 0 Å². The van der Waals surface area contributed by atoms with Gasteiger partial charge in [-0.05, 0) is 46.0 Å². The molecule has 1 aromatic heterocycles. The minimum Gasteiger partial charge on any atom is -0.329 e. The molecule has 3 heteroatoms. The van der Waals surface area contributed by atoms with Crippen molar-refractivity contribution in [1.82, 2.24) is 4.90 Å². The molecule has 0 saturated heterocycles. The Hall–Kier alpha value is -1.16. The van der Waals surface area contributed by atoms with Crippen molar-refractivity contribution in [2.45, 2.75) is 38.8 Å². The lowest BCUT2D eigenvalue weighted by molar-refractivity contribution is 0.242. The van der Waals surface area contributed by atoms with Gasteiger partial charge in [-0.3, -0.25) is 4.90 Å². The van der Waals surface area contributed by atoms with Gasteiger partial charge in [-0.25, -0.2) is 0 Å². The van der Waals surface area contributed by atoms with Crippen LogP contribution in [0.25, 0.3) is 0 Å². The van der Waals surface area contributed by atoms with Gasteiger partial charge in [-0.2, -0.15) is 11.3 Å². The summed E-state index contributed by atoms with van der Waals surface area (Å²) in [6.45, 7) is 8.29. The van der Waals surface area contributed by atoms with Crippen LogP contribution in [0.3, 0.4) is 0 Å². The molecular weight excluding hydrogens is 276 g/mol. The van der Waals surface area contributed by atoms with Gasteiger partial charge in [0, 0.05) is 19.1 Å². The molecule has 1 atom stereocenters. The first-order valence-corrected chi connectivity index (χ1v) is 8.38. The SMILES string of the molecule is CN(Cc1ccsc1)C(CN)c1ccc(C(C)(C)C)cc1. The largest absolute Gasteiger partial charge is 0.329 e. The first-order chi connectivity index (χ1) is 9.91. The van der Waals surface area contributed by atoms with Gasteiger partial charge in [0.05, 0.1) is 0 Å². The van der Waals surface area contributed by atoms with Crippen LogP contribution in [-0.4, -0.2) is 18.5 Å². The van der Waals surface area contributed by atoms with Crippen molar-refractivity contribution in [2.75, 3.05) is 13.6 Å². The zero-order valence-electron chi connectivity index (χ0n) is 13.5. The van der Waals surface area contributed by atoms with E-state index in [9.17, 15) is 0 Å². The van der Waals surface area contributed by atoms with Crippen molar-refractivity contribution in [2.24, 2.45) is 5.73 Å². The second-order valence-corrected chi connectivity index (χ2v) is 7.45. The minimum atomic E-state index is 0.194. The molecule has 1 unspecified atom stereocenters. The van der Waals surface area contributed by atoms with Crippen molar-refractivity contribution >= 4 is 11.3 Å². The summed E-state index contributed by atoms with van der Waals surface area (Å²) >= 11 is 1.74. The highest BCUT2D eigenvalue weighted by Crippen LogP contribution is 2.26. The highest BCUT2D eigenvalue weighted by molar-refractivity contribution is 7.07. The molecule has 0 spiro atoms. The number of rotatable bonds is 5. The van der Waals surface area contributed by atoms with Gasteiger partial charge in [0.1, 0.15) is 0 Å². The summed E-state index contributed by atoms with van der Waals surface area (Å²) in [4.78, 5) is 2.33. The number of nitrogens with zero attached hydrogens (tertiary/aromatic N) is 1. The third-order valence-corrected chi connectivity index (χ3v) is 4.66. The summed E-state index contributed by atoms with van der Waals surface area (Å²) in [5.74, 6) is 0. The maximum Gasteiger partial charge on any atom is 0.0470 e. The van der Waals surface area contributed by atoms with E-state index >= 15 is 0 Å².